The minimum Gasteiger partial charge on any atom is -0.491 e. The number of ether oxygens (including phenoxy) is 5. The molecule has 0 saturated carbocycles. The van der Waals surface area contributed by atoms with Crippen LogP contribution in [0, 0.1) is 12.3 Å². The maximum Gasteiger partial charge on any atom is 0.184 e. The topological polar surface area (TPSA) is 59.0 Å². The first-order valence-corrected chi connectivity index (χ1v) is 9.42. The van der Waals surface area contributed by atoms with E-state index < -0.39 is 0 Å². The molecule has 2 aromatic rings. The van der Waals surface area contributed by atoms with Crippen LogP contribution >= 0.6 is 22.9 Å². The molecule has 2 rings (SSSR count). The monoisotopic (exact) mass is 399 g/mol. The Morgan fingerprint density at radius 3 is 2.19 bits per heavy atom. The van der Waals surface area contributed by atoms with E-state index in [1.54, 1.807) is 0 Å². The molecule has 1 heterocycles. The van der Waals surface area contributed by atoms with Crippen molar-refractivity contribution in [2.45, 2.75) is 0 Å². The third kappa shape index (κ3) is 8.32. The van der Waals surface area contributed by atoms with E-state index in [1.807, 2.05) is 18.2 Å². The first-order valence-electron chi connectivity index (χ1n) is 8.23. The Balaban J connectivity index is 1.40. The van der Waals surface area contributed by atoms with E-state index >= 15 is 0 Å². The van der Waals surface area contributed by atoms with Crippen LogP contribution in [0.1, 0.15) is 0 Å². The lowest BCUT2D eigenvalue weighted by molar-refractivity contribution is -0.00186. The Kier molecular flexibility index (Phi) is 10.4. The van der Waals surface area contributed by atoms with Crippen molar-refractivity contribution in [2.75, 3.05) is 59.5 Å². The van der Waals surface area contributed by atoms with Gasteiger partial charge in [-0.15, -0.1) is 17.8 Å². The maximum atomic E-state index is 5.89. The second kappa shape index (κ2) is 12.9. The lowest BCUT2D eigenvalue weighted by atomic mass is 10.3. The van der Waals surface area contributed by atoms with Gasteiger partial charge in [0, 0.05) is 0 Å². The van der Waals surface area contributed by atoms with Crippen molar-refractivity contribution in [3.8, 4) is 18.1 Å². The van der Waals surface area contributed by atoms with E-state index in [1.165, 1.54) is 11.3 Å². The highest BCUT2D eigenvalue weighted by molar-refractivity contribution is 7.22. The summed E-state index contributed by atoms with van der Waals surface area (Å²) in [6.45, 7) is 4.36. The second-order valence-electron chi connectivity index (χ2n) is 5.04. The molecule has 0 aliphatic heterocycles. The van der Waals surface area contributed by atoms with E-state index in [0.29, 0.717) is 63.9 Å². The van der Waals surface area contributed by atoms with Crippen molar-refractivity contribution < 1.29 is 23.7 Å². The van der Waals surface area contributed by atoms with Crippen LogP contribution in [0.4, 0.5) is 0 Å². The van der Waals surface area contributed by atoms with Gasteiger partial charge in [-0.2, -0.15) is 0 Å². The Morgan fingerprint density at radius 2 is 1.54 bits per heavy atom. The van der Waals surface area contributed by atoms with Crippen LogP contribution in [-0.2, 0) is 18.9 Å². The fourth-order valence-corrected chi connectivity index (χ4v) is 3.04. The first kappa shape index (κ1) is 20.9. The zero-order valence-electron chi connectivity index (χ0n) is 14.4. The molecule has 6 nitrogen and oxygen atoms in total. The highest BCUT2D eigenvalue weighted by Gasteiger charge is 2.03. The fourth-order valence-electron chi connectivity index (χ4n) is 1.98. The molecule has 26 heavy (non-hydrogen) atoms. The molecule has 0 unspecified atom stereocenters. The molecule has 0 radical (unpaired) electrons. The number of aromatic nitrogens is 1. The standard InChI is InChI=1S/C18H22ClNO5S/c1-2-5-21-6-7-22-8-9-23-10-11-24-12-13-25-15-3-4-16-17(14-15)26-18(19)20-16/h1,3-4,14H,5-13H2. The molecule has 0 saturated heterocycles. The Labute approximate surface area is 162 Å². The van der Waals surface area contributed by atoms with Crippen molar-refractivity contribution in [2.24, 2.45) is 0 Å². The van der Waals surface area contributed by atoms with Gasteiger partial charge in [-0.05, 0) is 18.2 Å². The van der Waals surface area contributed by atoms with Crippen LogP contribution in [0.15, 0.2) is 18.2 Å². The van der Waals surface area contributed by atoms with Gasteiger partial charge in [0.1, 0.15) is 19.0 Å². The van der Waals surface area contributed by atoms with Gasteiger partial charge in [0.05, 0.1) is 56.5 Å². The third-order valence-electron chi connectivity index (χ3n) is 3.13. The number of fused-ring (bicyclic) bond motifs is 1. The van der Waals surface area contributed by atoms with Gasteiger partial charge in [-0.1, -0.05) is 17.5 Å². The maximum absolute atomic E-state index is 5.89. The van der Waals surface area contributed by atoms with Crippen LogP contribution in [-0.4, -0.2) is 64.4 Å². The van der Waals surface area contributed by atoms with Crippen LogP contribution < -0.4 is 4.74 Å². The molecule has 0 spiro atoms. The zero-order chi connectivity index (χ0) is 18.5. The third-order valence-corrected chi connectivity index (χ3v) is 4.25. The zero-order valence-corrected chi connectivity index (χ0v) is 16.0. The smallest absolute Gasteiger partial charge is 0.184 e. The van der Waals surface area contributed by atoms with Gasteiger partial charge in [0.25, 0.3) is 0 Å². The van der Waals surface area contributed by atoms with Gasteiger partial charge < -0.3 is 23.7 Å². The quantitative estimate of drug-likeness (QED) is 0.359. The normalized spacial score (nSPS) is 10.9. The molecule has 0 amide bonds. The van der Waals surface area contributed by atoms with Crippen molar-refractivity contribution in [1.82, 2.24) is 4.98 Å². The molecule has 1 aromatic heterocycles. The summed E-state index contributed by atoms with van der Waals surface area (Å²) in [4.78, 5) is 4.20. The number of rotatable bonds is 14. The van der Waals surface area contributed by atoms with E-state index in [0.717, 1.165) is 16.0 Å². The lowest BCUT2D eigenvalue weighted by Crippen LogP contribution is -2.13. The van der Waals surface area contributed by atoms with Crippen molar-refractivity contribution in [3.05, 3.63) is 22.7 Å². The molecular weight excluding hydrogens is 378 g/mol. The molecular formula is C18H22ClNO5S. The van der Waals surface area contributed by atoms with Crippen molar-refractivity contribution >= 4 is 33.2 Å². The fraction of sp³-hybridized carbons (Fsp3) is 0.500. The molecule has 0 aliphatic rings. The predicted molar refractivity (Wildman–Crippen MR) is 102 cm³/mol. The Hall–Kier alpha value is -1.40. The van der Waals surface area contributed by atoms with Crippen molar-refractivity contribution in [1.29, 1.82) is 0 Å². The summed E-state index contributed by atoms with van der Waals surface area (Å²) in [7, 11) is 0. The predicted octanol–water partition coefficient (Wildman–Crippen LogP) is 3.03. The summed E-state index contributed by atoms with van der Waals surface area (Å²) in [6.07, 6.45) is 5.06. The van der Waals surface area contributed by atoms with E-state index in [4.69, 9.17) is 41.7 Å². The number of nitrogens with zero attached hydrogens (tertiary/aromatic N) is 1. The molecule has 0 fully saturated rings. The average molecular weight is 400 g/mol. The summed E-state index contributed by atoms with van der Waals surface area (Å²) in [5, 5.41) is 0. The van der Waals surface area contributed by atoms with Crippen LogP contribution in [0.2, 0.25) is 4.47 Å². The molecule has 0 N–H and O–H groups in total. The summed E-state index contributed by atoms with van der Waals surface area (Å²) < 4.78 is 28.4. The largest absolute Gasteiger partial charge is 0.491 e. The van der Waals surface area contributed by atoms with Gasteiger partial charge in [-0.3, -0.25) is 0 Å². The number of hydrogen-bond donors (Lipinski definition) is 0. The number of halogens is 1. The minimum atomic E-state index is 0.315. The number of terminal acetylenes is 1. The van der Waals surface area contributed by atoms with Gasteiger partial charge in [-0.25, -0.2) is 4.98 Å². The summed E-state index contributed by atoms with van der Waals surface area (Å²) in [6, 6.07) is 5.70. The highest BCUT2D eigenvalue weighted by atomic mass is 35.5. The summed E-state index contributed by atoms with van der Waals surface area (Å²) in [5.41, 5.74) is 0.879. The summed E-state index contributed by atoms with van der Waals surface area (Å²) >= 11 is 7.32. The second-order valence-corrected chi connectivity index (χ2v) is 6.65. The molecule has 142 valence electrons. The molecule has 0 atom stereocenters. The number of hydrogen-bond acceptors (Lipinski definition) is 7. The Morgan fingerprint density at radius 1 is 0.923 bits per heavy atom. The molecule has 0 aliphatic carbocycles. The Bertz CT molecular complexity index is 688. The average Bonchev–Trinajstić information content (AvgIpc) is 3.01. The SMILES string of the molecule is C#CCOCCOCCOCCOCCOc1ccc2nc(Cl)sc2c1. The highest BCUT2D eigenvalue weighted by Crippen LogP contribution is 2.28. The van der Waals surface area contributed by atoms with Gasteiger partial charge >= 0.3 is 0 Å². The molecule has 8 heteroatoms. The number of benzene rings is 1. The van der Waals surface area contributed by atoms with Crippen LogP contribution in [0.25, 0.3) is 10.2 Å². The van der Waals surface area contributed by atoms with E-state index in [-0.39, 0.29) is 0 Å². The lowest BCUT2D eigenvalue weighted by Gasteiger charge is -2.08. The summed E-state index contributed by atoms with van der Waals surface area (Å²) in [5.74, 6) is 3.17. The van der Waals surface area contributed by atoms with Crippen LogP contribution in [0.3, 0.4) is 0 Å². The van der Waals surface area contributed by atoms with Crippen molar-refractivity contribution in [3.63, 3.8) is 0 Å². The number of thiazole rings is 1. The molecule has 0 bridgehead atoms. The van der Waals surface area contributed by atoms with Gasteiger partial charge in [0.15, 0.2) is 4.47 Å². The van der Waals surface area contributed by atoms with Crippen LogP contribution in [0.5, 0.6) is 5.75 Å². The van der Waals surface area contributed by atoms with Gasteiger partial charge in [0.2, 0.25) is 0 Å². The van der Waals surface area contributed by atoms with E-state index in [9.17, 15) is 0 Å². The first-order chi connectivity index (χ1) is 12.8. The molecule has 1 aromatic carbocycles. The minimum absolute atomic E-state index is 0.315. The van der Waals surface area contributed by atoms with E-state index in [2.05, 4.69) is 10.9 Å².